The van der Waals surface area contributed by atoms with Gasteiger partial charge in [-0.1, -0.05) is 6.92 Å². The van der Waals surface area contributed by atoms with Crippen molar-refractivity contribution in [3.63, 3.8) is 0 Å². The second kappa shape index (κ2) is 6.28. The Morgan fingerprint density at radius 2 is 2.14 bits per heavy atom. The molecule has 0 spiro atoms. The summed E-state index contributed by atoms with van der Waals surface area (Å²) in [4.78, 5) is 0. The minimum atomic E-state index is -0.439. The van der Waals surface area contributed by atoms with Crippen LogP contribution in [0.3, 0.4) is 0 Å². The maximum Gasteiger partial charge on any atom is 0.104 e. The fourth-order valence-corrected chi connectivity index (χ4v) is 2.00. The first-order valence-corrected chi connectivity index (χ1v) is 5.90. The van der Waals surface area contributed by atoms with Crippen LogP contribution in [-0.2, 0) is 0 Å². The molecule has 2 N–H and O–H groups in total. The van der Waals surface area contributed by atoms with Crippen molar-refractivity contribution in [2.45, 2.75) is 44.1 Å². The Hall–Kier alpha value is -0.240. The van der Waals surface area contributed by atoms with E-state index in [2.05, 4.69) is 11.4 Å². The molecule has 0 aliphatic carbocycles. The molecule has 3 atom stereocenters. The summed E-state index contributed by atoms with van der Waals surface area (Å²) < 4.78 is 0. The monoisotopic (exact) mass is 216 g/mol. The molecule has 3 unspecified atom stereocenters. The zero-order chi connectivity index (χ0) is 11.2. The Kier molecular flexibility index (Phi) is 6.17. The van der Waals surface area contributed by atoms with Crippen LogP contribution in [0.1, 0.15) is 27.2 Å². The molecule has 0 saturated heterocycles. The molecule has 0 aromatic carbocycles. The standard InChI is InChI=1S/C10H20N2OS/c1-8(13)9(2)14-6-5-10(3,7-11)12-4/h8-9,12-13H,5-6H2,1-4H3. The third-order valence-electron chi connectivity index (χ3n) is 2.46. The van der Waals surface area contributed by atoms with Crippen LogP contribution in [0, 0.1) is 11.3 Å². The van der Waals surface area contributed by atoms with Crippen molar-refractivity contribution in [1.82, 2.24) is 5.32 Å². The maximum absolute atomic E-state index is 9.26. The van der Waals surface area contributed by atoms with Gasteiger partial charge in [0, 0.05) is 5.25 Å². The van der Waals surface area contributed by atoms with Crippen molar-refractivity contribution in [1.29, 1.82) is 5.26 Å². The number of nitriles is 1. The predicted octanol–water partition coefficient (Wildman–Crippen LogP) is 1.38. The second-order valence-electron chi connectivity index (χ2n) is 3.76. The Balaban J connectivity index is 3.79. The van der Waals surface area contributed by atoms with Crippen LogP contribution < -0.4 is 5.32 Å². The Bertz CT molecular complexity index is 203. The third kappa shape index (κ3) is 4.85. The topological polar surface area (TPSA) is 56.0 Å². The molecule has 0 heterocycles. The van der Waals surface area contributed by atoms with E-state index in [1.165, 1.54) is 0 Å². The van der Waals surface area contributed by atoms with Gasteiger partial charge in [-0.15, -0.1) is 0 Å². The Labute approximate surface area is 90.9 Å². The molecule has 0 rings (SSSR count). The zero-order valence-corrected chi connectivity index (χ0v) is 10.2. The van der Waals surface area contributed by atoms with Crippen LogP contribution in [-0.4, -0.2) is 34.8 Å². The molecule has 82 valence electrons. The highest BCUT2D eigenvalue weighted by Gasteiger charge is 2.21. The van der Waals surface area contributed by atoms with E-state index in [0.29, 0.717) is 0 Å². The van der Waals surface area contributed by atoms with E-state index in [1.54, 1.807) is 25.7 Å². The number of aliphatic hydroxyl groups is 1. The maximum atomic E-state index is 9.26. The minimum absolute atomic E-state index is 0.231. The second-order valence-corrected chi connectivity index (χ2v) is 5.25. The summed E-state index contributed by atoms with van der Waals surface area (Å²) in [5.41, 5.74) is -0.439. The van der Waals surface area contributed by atoms with Crippen LogP contribution in [0.15, 0.2) is 0 Å². The Morgan fingerprint density at radius 3 is 2.50 bits per heavy atom. The summed E-state index contributed by atoms with van der Waals surface area (Å²) in [7, 11) is 1.80. The summed E-state index contributed by atoms with van der Waals surface area (Å²) in [5.74, 6) is 0.886. The highest BCUT2D eigenvalue weighted by atomic mass is 32.2. The van der Waals surface area contributed by atoms with Crippen LogP contribution in [0.5, 0.6) is 0 Å². The molecule has 4 heteroatoms. The van der Waals surface area contributed by atoms with E-state index in [0.717, 1.165) is 12.2 Å². The van der Waals surface area contributed by atoms with Gasteiger partial charge in [0.2, 0.25) is 0 Å². The average Bonchev–Trinajstić information content (AvgIpc) is 2.17. The summed E-state index contributed by atoms with van der Waals surface area (Å²) >= 11 is 1.70. The van der Waals surface area contributed by atoms with E-state index in [9.17, 15) is 5.11 Å². The van der Waals surface area contributed by atoms with E-state index in [4.69, 9.17) is 5.26 Å². The fraction of sp³-hybridized carbons (Fsp3) is 0.900. The molecular weight excluding hydrogens is 196 g/mol. The van der Waals surface area contributed by atoms with E-state index < -0.39 is 5.54 Å². The zero-order valence-electron chi connectivity index (χ0n) is 9.37. The highest BCUT2D eigenvalue weighted by Crippen LogP contribution is 2.19. The Morgan fingerprint density at radius 1 is 1.57 bits per heavy atom. The summed E-state index contributed by atoms with van der Waals surface area (Å²) in [6.07, 6.45) is 0.504. The highest BCUT2D eigenvalue weighted by molar-refractivity contribution is 7.99. The molecule has 0 amide bonds. The van der Waals surface area contributed by atoms with Crippen LogP contribution >= 0.6 is 11.8 Å². The van der Waals surface area contributed by atoms with Gasteiger partial charge in [0.05, 0.1) is 12.2 Å². The SMILES string of the molecule is CNC(C)(C#N)CCSC(C)C(C)O. The van der Waals surface area contributed by atoms with Crippen LogP contribution in [0.4, 0.5) is 0 Å². The van der Waals surface area contributed by atoms with Gasteiger partial charge >= 0.3 is 0 Å². The lowest BCUT2D eigenvalue weighted by Crippen LogP contribution is -2.38. The van der Waals surface area contributed by atoms with Crippen molar-refractivity contribution in [3.05, 3.63) is 0 Å². The first-order valence-electron chi connectivity index (χ1n) is 4.85. The summed E-state index contributed by atoms with van der Waals surface area (Å²) in [6, 6.07) is 2.24. The quantitative estimate of drug-likeness (QED) is 0.704. The van der Waals surface area contributed by atoms with Gasteiger partial charge in [0.15, 0.2) is 0 Å². The normalized spacial score (nSPS) is 19.4. The van der Waals surface area contributed by atoms with E-state index >= 15 is 0 Å². The molecule has 0 aliphatic rings. The van der Waals surface area contributed by atoms with Gasteiger partial charge in [-0.3, -0.25) is 0 Å². The van der Waals surface area contributed by atoms with Crippen molar-refractivity contribution in [3.8, 4) is 6.07 Å². The minimum Gasteiger partial charge on any atom is -0.392 e. The number of aliphatic hydroxyl groups excluding tert-OH is 1. The molecule has 0 saturated carbocycles. The van der Waals surface area contributed by atoms with Crippen LogP contribution in [0.25, 0.3) is 0 Å². The lowest BCUT2D eigenvalue weighted by atomic mass is 10.0. The number of nitrogens with one attached hydrogen (secondary N) is 1. The molecule has 0 bridgehead atoms. The summed E-state index contributed by atoms with van der Waals surface area (Å²) in [6.45, 7) is 5.68. The average molecular weight is 216 g/mol. The molecule has 0 aromatic heterocycles. The summed E-state index contributed by atoms with van der Waals surface area (Å²) in [5, 5.41) is 21.4. The predicted molar refractivity (Wildman–Crippen MR) is 61.3 cm³/mol. The van der Waals surface area contributed by atoms with E-state index in [1.807, 2.05) is 13.8 Å². The number of hydrogen-bond acceptors (Lipinski definition) is 4. The fourth-order valence-electron chi connectivity index (χ4n) is 0.825. The number of nitrogens with zero attached hydrogens (tertiary/aromatic N) is 1. The first-order chi connectivity index (χ1) is 6.45. The molecule has 3 nitrogen and oxygen atoms in total. The van der Waals surface area contributed by atoms with Gasteiger partial charge in [0.25, 0.3) is 0 Å². The van der Waals surface area contributed by atoms with Gasteiger partial charge in [0.1, 0.15) is 5.54 Å². The molecule has 0 fully saturated rings. The van der Waals surface area contributed by atoms with Gasteiger partial charge in [-0.05, 0) is 33.1 Å². The van der Waals surface area contributed by atoms with Gasteiger partial charge in [-0.25, -0.2) is 0 Å². The lowest BCUT2D eigenvalue weighted by Gasteiger charge is -2.21. The third-order valence-corrected chi connectivity index (χ3v) is 3.82. The van der Waals surface area contributed by atoms with Crippen molar-refractivity contribution >= 4 is 11.8 Å². The van der Waals surface area contributed by atoms with Crippen molar-refractivity contribution in [2.24, 2.45) is 0 Å². The van der Waals surface area contributed by atoms with Crippen LogP contribution in [0.2, 0.25) is 0 Å². The van der Waals surface area contributed by atoms with Crippen molar-refractivity contribution in [2.75, 3.05) is 12.8 Å². The number of hydrogen-bond donors (Lipinski definition) is 2. The van der Waals surface area contributed by atoms with Gasteiger partial charge in [-0.2, -0.15) is 17.0 Å². The largest absolute Gasteiger partial charge is 0.392 e. The smallest absolute Gasteiger partial charge is 0.104 e. The lowest BCUT2D eigenvalue weighted by molar-refractivity contribution is 0.196. The molecule has 0 aliphatic heterocycles. The molecule has 0 radical (unpaired) electrons. The molecular formula is C10H20N2OS. The first kappa shape index (κ1) is 13.8. The molecule has 0 aromatic rings. The van der Waals surface area contributed by atoms with Crippen molar-refractivity contribution < 1.29 is 5.11 Å². The van der Waals surface area contributed by atoms with E-state index in [-0.39, 0.29) is 11.4 Å². The number of thioether (sulfide) groups is 1. The molecule has 14 heavy (non-hydrogen) atoms. The van der Waals surface area contributed by atoms with Gasteiger partial charge < -0.3 is 10.4 Å². The number of rotatable bonds is 6.